The summed E-state index contributed by atoms with van der Waals surface area (Å²) in [6.07, 6.45) is 2.20. The molecule has 1 atom stereocenters. The zero-order valence-corrected chi connectivity index (χ0v) is 17.7. The number of aromatic nitrogens is 3. The highest BCUT2D eigenvalue weighted by Gasteiger charge is 2.20. The molecular weight excluding hydrogens is 433 g/mol. The Balaban J connectivity index is 1.46. The van der Waals surface area contributed by atoms with Gasteiger partial charge in [0.1, 0.15) is 11.5 Å². The van der Waals surface area contributed by atoms with Gasteiger partial charge in [-0.1, -0.05) is 23.4 Å². The van der Waals surface area contributed by atoms with Crippen molar-refractivity contribution in [2.45, 2.75) is 25.4 Å². The molecule has 0 saturated carbocycles. The Morgan fingerprint density at radius 2 is 1.94 bits per heavy atom. The highest BCUT2D eigenvalue weighted by atomic mass is 32.1. The van der Waals surface area contributed by atoms with Crippen molar-refractivity contribution in [2.24, 2.45) is 0 Å². The summed E-state index contributed by atoms with van der Waals surface area (Å²) >= 11 is 1.64. The maximum absolute atomic E-state index is 13.0. The van der Waals surface area contributed by atoms with E-state index in [9.17, 15) is 14.0 Å². The number of carbonyl (C=O) groups excluding carboxylic acids is 2. The monoisotopic (exact) mass is 453 g/mol. The molecule has 4 rings (SSSR count). The van der Waals surface area contributed by atoms with Crippen LogP contribution >= 0.6 is 11.3 Å². The van der Waals surface area contributed by atoms with Crippen molar-refractivity contribution in [2.75, 3.05) is 0 Å². The Morgan fingerprint density at radius 3 is 2.69 bits per heavy atom. The Bertz CT molecular complexity index is 1200. The molecule has 2 aromatic carbocycles. The molecule has 0 fully saturated rings. The van der Waals surface area contributed by atoms with Crippen LogP contribution in [0.4, 0.5) is 4.39 Å². The molecule has 0 bridgehead atoms. The van der Waals surface area contributed by atoms with Gasteiger partial charge in [0.25, 0.3) is 5.91 Å². The van der Waals surface area contributed by atoms with Crippen LogP contribution in [0.25, 0.3) is 10.1 Å². The second-order valence-electron chi connectivity index (χ2n) is 7.23. The van der Waals surface area contributed by atoms with Crippen molar-refractivity contribution < 1.29 is 19.2 Å². The minimum absolute atomic E-state index is 0.00941. The Morgan fingerprint density at radius 1 is 1.16 bits per heavy atom. The van der Waals surface area contributed by atoms with Gasteiger partial charge < -0.3 is 5.32 Å². The van der Waals surface area contributed by atoms with E-state index in [0.717, 1.165) is 15.0 Å². The second-order valence-corrected chi connectivity index (χ2v) is 8.40. The lowest BCUT2D eigenvalue weighted by Gasteiger charge is -2.14. The molecule has 164 valence electrons. The van der Waals surface area contributed by atoms with Crippen LogP contribution < -0.4 is 10.8 Å². The second kappa shape index (κ2) is 9.67. The molecule has 2 aromatic heterocycles. The summed E-state index contributed by atoms with van der Waals surface area (Å²) in [6, 6.07) is 15.0. The van der Waals surface area contributed by atoms with Crippen LogP contribution in [-0.2, 0) is 17.8 Å². The van der Waals surface area contributed by atoms with Crippen molar-refractivity contribution >= 4 is 33.2 Å². The molecular formula is C22H20FN5O3S. The number of carbonyl (C=O) groups is 2. The molecule has 0 aliphatic heterocycles. The van der Waals surface area contributed by atoms with Crippen LogP contribution in [-0.4, -0.2) is 32.0 Å². The van der Waals surface area contributed by atoms with E-state index >= 15 is 0 Å². The molecule has 0 saturated heterocycles. The van der Waals surface area contributed by atoms with Gasteiger partial charge in [0.15, 0.2) is 0 Å². The Hall–Kier alpha value is -3.63. The SMILES string of the molecule is O=C(CC(Cc1cc2ccccc2s1)n1cc(CNC(=O)c2ccc(F)cc2)nn1)NO. The summed E-state index contributed by atoms with van der Waals surface area (Å²) in [4.78, 5) is 25.1. The molecule has 0 spiro atoms. The van der Waals surface area contributed by atoms with E-state index in [2.05, 4.69) is 21.7 Å². The van der Waals surface area contributed by atoms with Gasteiger partial charge in [0.05, 0.1) is 25.2 Å². The summed E-state index contributed by atoms with van der Waals surface area (Å²) in [5.74, 6) is -1.31. The third-order valence-corrected chi connectivity index (χ3v) is 6.07. The lowest BCUT2D eigenvalue weighted by molar-refractivity contribution is -0.130. The molecule has 2 amide bonds. The maximum atomic E-state index is 13.0. The smallest absolute Gasteiger partial charge is 0.251 e. The Kier molecular flexibility index (Phi) is 6.52. The summed E-state index contributed by atoms with van der Waals surface area (Å²) in [7, 11) is 0. The number of amides is 2. The van der Waals surface area contributed by atoms with Gasteiger partial charge in [-0.05, 0) is 41.8 Å². The van der Waals surface area contributed by atoms with Crippen LogP contribution in [0, 0.1) is 5.82 Å². The maximum Gasteiger partial charge on any atom is 0.251 e. The summed E-state index contributed by atoms with van der Waals surface area (Å²) in [5, 5.41) is 21.0. The highest BCUT2D eigenvalue weighted by molar-refractivity contribution is 7.19. The number of hydroxylamine groups is 1. The average Bonchev–Trinajstić information content (AvgIpc) is 3.44. The fraction of sp³-hybridized carbons (Fsp3) is 0.182. The van der Waals surface area contributed by atoms with E-state index < -0.39 is 11.7 Å². The molecule has 32 heavy (non-hydrogen) atoms. The van der Waals surface area contributed by atoms with Crippen molar-refractivity contribution in [3.63, 3.8) is 0 Å². The molecule has 2 heterocycles. The van der Waals surface area contributed by atoms with Crippen LogP contribution in [0.5, 0.6) is 0 Å². The van der Waals surface area contributed by atoms with Crippen molar-refractivity contribution in [3.05, 3.63) is 82.7 Å². The number of nitrogens with one attached hydrogen (secondary N) is 2. The number of nitrogens with zero attached hydrogens (tertiary/aromatic N) is 3. The number of halogens is 1. The number of benzene rings is 2. The largest absolute Gasteiger partial charge is 0.346 e. The van der Waals surface area contributed by atoms with Crippen LogP contribution in [0.1, 0.15) is 33.4 Å². The first-order valence-electron chi connectivity index (χ1n) is 9.86. The molecule has 0 radical (unpaired) electrons. The fourth-order valence-corrected chi connectivity index (χ4v) is 4.47. The predicted octanol–water partition coefficient (Wildman–Crippen LogP) is 3.24. The summed E-state index contributed by atoms with van der Waals surface area (Å²) < 4.78 is 15.7. The van der Waals surface area contributed by atoms with Crippen molar-refractivity contribution in [3.8, 4) is 0 Å². The first-order chi connectivity index (χ1) is 15.5. The van der Waals surface area contributed by atoms with Crippen LogP contribution in [0.15, 0.2) is 60.8 Å². The van der Waals surface area contributed by atoms with Crippen LogP contribution in [0.2, 0.25) is 0 Å². The lowest BCUT2D eigenvalue weighted by Crippen LogP contribution is -2.25. The predicted molar refractivity (Wildman–Crippen MR) is 117 cm³/mol. The number of hydrogen-bond donors (Lipinski definition) is 3. The normalized spacial score (nSPS) is 11.9. The zero-order valence-electron chi connectivity index (χ0n) is 16.9. The van der Waals surface area contributed by atoms with E-state index in [1.165, 1.54) is 24.3 Å². The standard InChI is InChI=1S/C22H20FN5O3S/c23-16-7-5-14(6-8-16)22(30)24-12-17-13-28(27-25-17)18(11-21(29)26-31)10-19-9-15-3-1-2-4-20(15)32-19/h1-9,13,18,31H,10-12H2,(H,24,30)(H,26,29). The van der Waals surface area contributed by atoms with E-state index in [-0.39, 0.29) is 24.9 Å². The third-order valence-electron chi connectivity index (χ3n) is 4.93. The van der Waals surface area contributed by atoms with Gasteiger partial charge in [-0.2, -0.15) is 0 Å². The zero-order chi connectivity index (χ0) is 22.5. The Labute approximate surface area is 186 Å². The molecule has 4 aromatic rings. The minimum atomic E-state index is -0.530. The molecule has 0 aliphatic rings. The topological polar surface area (TPSA) is 109 Å². The van der Waals surface area contributed by atoms with Gasteiger partial charge in [-0.15, -0.1) is 16.4 Å². The first-order valence-corrected chi connectivity index (χ1v) is 10.7. The average molecular weight is 453 g/mol. The molecule has 0 aliphatic carbocycles. The van der Waals surface area contributed by atoms with E-state index in [4.69, 9.17) is 5.21 Å². The third kappa shape index (κ3) is 5.16. The first kappa shape index (κ1) is 21.6. The quantitative estimate of drug-likeness (QED) is 0.280. The van der Waals surface area contributed by atoms with Crippen LogP contribution in [0.3, 0.4) is 0 Å². The van der Waals surface area contributed by atoms with E-state index in [1.807, 2.05) is 24.3 Å². The highest BCUT2D eigenvalue weighted by Crippen LogP contribution is 2.29. The van der Waals surface area contributed by atoms with Gasteiger partial charge >= 0.3 is 0 Å². The van der Waals surface area contributed by atoms with E-state index in [1.54, 1.807) is 27.7 Å². The van der Waals surface area contributed by atoms with Gasteiger partial charge in [0, 0.05) is 21.6 Å². The molecule has 10 heteroatoms. The minimum Gasteiger partial charge on any atom is -0.346 e. The van der Waals surface area contributed by atoms with Crippen molar-refractivity contribution in [1.82, 2.24) is 25.8 Å². The number of rotatable bonds is 8. The molecule has 1 unspecified atom stereocenters. The lowest BCUT2D eigenvalue weighted by atomic mass is 10.1. The van der Waals surface area contributed by atoms with Gasteiger partial charge in [-0.25, -0.2) is 14.6 Å². The number of hydrogen-bond acceptors (Lipinski definition) is 6. The molecule has 8 nitrogen and oxygen atoms in total. The fourth-order valence-electron chi connectivity index (χ4n) is 3.34. The number of thiophene rings is 1. The van der Waals surface area contributed by atoms with Gasteiger partial charge in [0.2, 0.25) is 5.91 Å². The molecule has 3 N–H and O–H groups in total. The van der Waals surface area contributed by atoms with Crippen molar-refractivity contribution in [1.29, 1.82) is 0 Å². The number of fused-ring (bicyclic) bond motifs is 1. The van der Waals surface area contributed by atoms with E-state index in [0.29, 0.717) is 17.7 Å². The summed E-state index contributed by atoms with van der Waals surface area (Å²) in [6.45, 7) is 0.123. The summed E-state index contributed by atoms with van der Waals surface area (Å²) in [5.41, 5.74) is 2.51. The van der Waals surface area contributed by atoms with Gasteiger partial charge in [-0.3, -0.25) is 14.8 Å².